The highest BCUT2D eigenvalue weighted by Gasteiger charge is 2.19. The van der Waals surface area contributed by atoms with Crippen LogP contribution in [0.2, 0.25) is 0 Å². The molecule has 0 saturated carbocycles. The molecule has 0 amide bonds. The van der Waals surface area contributed by atoms with Gasteiger partial charge < -0.3 is 14.2 Å². The smallest absolute Gasteiger partial charge is 0.306 e. The van der Waals surface area contributed by atoms with Gasteiger partial charge in [-0.05, 0) is 77.0 Å². The molecular weight excluding hydrogens is 685 g/mol. The van der Waals surface area contributed by atoms with Crippen LogP contribution in [-0.4, -0.2) is 37.2 Å². The van der Waals surface area contributed by atoms with Crippen molar-refractivity contribution < 1.29 is 28.6 Å². The fourth-order valence-electron chi connectivity index (χ4n) is 6.52. The molecule has 0 rings (SSSR count). The lowest BCUT2D eigenvalue weighted by Crippen LogP contribution is -2.30. The standard InChI is InChI=1S/C49H88O6/c1-4-7-10-13-15-17-19-21-23-24-26-27-29-31-33-36-39-42-48(51)54-45-46(44-53-47(50)41-38-35-12-9-6-3)55-49(52)43-40-37-34-32-30-28-25-22-20-18-16-14-11-8-5-2/h15,17,21-23,25,46H,4-14,16,18-20,24,26-45H2,1-3H3/b17-15-,23-21-,25-22-. The lowest BCUT2D eigenvalue weighted by atomic mass is 10.1. The number of carbonyl (C=O) groups excluding carboxylic acids is 3. The maximum atomic E-state index is 12.7. The van der Waals surface area contributed by atoms with Gasteiger partial charge in [0, 0.05) is 19.3 Å². The molecule has 0 spiro atoms. The van der Waals surface area contributed by atoms with E-state index in [9.17, 15) is 14.4 Å². The summed E-state index contributed by atoms with van der Waals surface area (Å²) in [7, 11) is 0. The van der Waals surface area contributed by atoms with E-state index in [1.165, 1.54) is 116 Å². The van der Waals surface area contributed by atoms with Gasteiger partial charge in [-0.2, -0.15) is 0 Å². The summed E-state index contributed by atoms with van der Waals surface area (Å²) in [5.74, 6) is -0.905. The van der Waals surface area contributed by atoms with Crippen molar-refractivity contribution in [1.29, 1.82) is 0 Å². The van der Waals surface area contributed by atoms with E-state index in [-0.39, 0.29) is 31.1 Å². The predicted octanol–water partition coefficient (Wildman–Crippen LogP) is 15.0. The minimum absolute atomic E-state index is 0.0782. The second kappa shape index (κ2) is 44.3. The van der Waals surface area contributed by atoms with Crippen molar-refractivity contribution in [2.75, 3.05) is 13.2 Å². The first-order valence-electron chi connectivity index (χ1n) is 23.5. The molecule has 0 radical (unpaired) electrons. The van der Waals surface area contributed by atoms with Crippen LogP contribution in [0.1, 0.15) is 239 Å². The Kier molecular flexibility index (Phi) is 42.4. The number of esters is 3. The average Bonchev–Trinajstić information content (AvgIpc) is 3.18. The van der Waals surface area contributed by atoms with E-state index < -0.39 is 6.10 Å². The van der Waals surface area contributed by atoms with Crippen LogP contribution in [0.25, 0.3) is 0 Å². The molecule has 320 valence electrons. The molecule has 0 aliphatic carbocycles. The van der Waals surface area contributed by atoms with Crippen LogP contribution < -0.4 is 0 Å². The zero-order valence-corrected chi connectivity index (χ0v) is 36.4. The number of rotatable bonds is 42. The van der Waals surface area contributed by atoms with Crippen molar-refractivity contribution in [3.63, 3.8) is 0 Å². The quantitative estimate of drug-likeness (QED) is 0.0266. The molecule has 6 nitrogen and oxygen atoms in total. The molecule has 0 N–H and O–H groups in total. The van der Waals surface area contributed by atoms with Crippen molar-refractivity contribution in [3.05, 3.63) is 36.5 Å². The predicted molar refractivity (Wildman–Crippen MR) is 233 cm³/mol. The highest BCUT2D eigenvalue weighted by Crippen LogP contribution is 2.14. The summed E-state index contributed by atoms with van der Waals surface area (Å²) in [4.78, 5) is 37.5. The van der Waals surface area contributed by atoms with E-state index in [2.05, 4.69) is 57.2 Å². The number of allylic oxidation sites excluding steroid dienone is 6. The fraction of sp³-hybridized carbons (Fsp3) is 0.816. The van der Waals surface area contributed by atoms with Crippen LogP contribution >= 0.6 is 0 Å². The number of hydrogen-bond donors (Lipinski definition) is 0. The molecule has 0 aromatic rings. The Morgan fingerprint density at radius 3 is 1.05 bits per heavy atom. The van der Waals surface area contributed by atoms with Gasteiger partial charge in [-0.15, -0.1) is 0 Å². The molecule has 6 heteroatoms. The zero-order chi connectivity index (χ0) is 40.1. The van der Waals surface area contributed by atoms with E-state index in [0.717, 1.165) is 83.5 Å². The SMILES string of the molecule is CCCCC/C=C\C/C=C\CCCCCCCCCC(=O)OCC(COC(=O)CCCCCCC)OC(=O)CCCCCCC/C=C\CCCCCCCC. The largest absolute Gasteiger partial charge is 0.462 e. The third-order valence-electron chi connectivity index (χ3n) is 10.1. The van der Waals surface area contributed by atoms with Crippen molar-refractivity contribution in [3.8, 4) is 0 Å². The molecule has 0 heterocycles. The summed E-state index contributed by atoms with van der Waals surface area (Å²) in [5, 5.41) is 0. The molecule has 0 aromatic carbocycles. The van der Waals surface area contributed by atoms with Gasteiger partial charge in [-0.3, -0.25) is 14.4 Å². The van der Waals surface area contributed by atoms with Gasteiger partial charge in [0.15, 0.2) is 6.10 Å². The van der Waals surface area contributed by atoms with Crippen LogP contribution in [0.4, 0.5) is 0 Å². The minimum atomic E-state index is -0.773. The zero-order valence-electron chi connectivity index (χ0n) is 36.4. The molecule has 0 aromatic heterocycles. The van der Waals surface area contributed by atoms with Gasteiger partial charge in [-0.1, -0.05) is 179 Å². The van der Waals surface area contributed by atoms with Gasteiger partial charge in [0.05, 0.1) is 0 Å². The van der Waals surface area contributed by atoms with Gasteiger partial charge in [-0.25, -0.2) is 0 Å². The summed E-state index contributed by atoms with van der Waals surface area (Å²) >= 11 is 0. The van der Waals surface area contributed by atoms with Gasteiger partial charge in [0.2, 0.25) is 0 Å². The Balaban J connectivity index is 4.22. The minimum Gasteiger partial charge on any atom is -0.462 e. The van der Waals surface area contributed by atoms with E-state index >= 15 is 0 Å². The van der Waals surface area contributed by atoms with Crippen LogP contribution in [0.5, 0.6) is 0 Å². The lowest BCUT2D eigenvalue weighted by molar-refractivity contribution is -0.167. The molecule has 0 saturated heterocycles. The van der Waals surface area contributed by atoms with Crippen molar-refractivity contribution in [2.24, 2.45) is 0 Å². The Labute approximate surface area is 340 Å². The van der Waals surface area contributed by atoms with E-state index in [1.807, 2.05) is 0 Å². The van der Waals surface area contributed by atoms with E-state index in [1.54, 1.807) is 0 Å². The summed E-state index contributed by atoms with van der Waals surface area (Å²) in [6.45, 7) is 6.51. The monoisotopic (exact) mass is 773 g/mol. The highest BCUT2D eigenvalue weighted by atomic mass is 16.6. The topological polar surface area (TPSA) is 78.9 Å². The third kappa shape index (κ3) is 42.6. The average molecular weight is 773 g/mol. The molecule has 1 unspecified atom stereocenters. The highest BCUT2D eigenvalue weighted by molar-refractivity contribution is 5.71. The maximum Gasteiger partial charge on any atom is 0.306 e. The second-order valence-corrected chi connectivity index (χ2v) is 15.7. The number of ether oxygens (including phenoxy) is 3. The maximum absolute atomic E-state index is 12.7. The number of hydrogen-bond acceptors (Lipinski definition) is 6. The Bertz CT molecular complexity index is 938. The first kappa shape index (κ1) is 52.6. The van der Waals surface area contributed by atoms with Gasteiger partial charge in [0.1, 0.15) is 13.2 Å². The van der Waals surface area contributed by atoms with Crippen molar-refractivity contribution in [1.82, 2.24) is 0 Å². The molecule has 0 fully saturated rings. The molecule has 1 atom stereocenters. The summed E-state index contributed by atoms with van der Waals surface area (Å²) in [5.41, 5.74) is 0. The number of unbranched alkanes of at least 4 members (excludes halogenated alkanes) is 25. The Morgan fingerprint density at radius 2 is 0.655 bits per heavy atom. The van der Waals surface area contributed by atoms with E-state index in [4.69, 9.17) is 14.2 Å². The second-order valence-electron chi connectivity index (χ2n) is 15.7. The van der Waals surface area contributed by atoms with Crippen LogP contribution in [0.3, 0.4) is 0 Å². The summed E-state index contributed by atoms with van der Waals surface area (Å²) in [6, 6.07) is 0. The van der Waals surface area contributed by atoms with Gasteiger partial charge in [0.25, 0.3) is 0 Å². The van der Waals surface area contributed by atoms with Crippen LogP contribution in [-0.2, 0) is 28.6 Å². The summed E-state index contributed by atoms with van der Waals surface area (Å²) < 4.78 is 16.6. The van der Waals surface area contributed by atoms with Crippen molar-refractivity contribution in [2.45, 2.75) is 245 Å². The van der Waals surface area contributed by atoms with Crippen LogP contribution in [0.15, 0.2) is 36.5 Å². The molecule has 55 heavy (non-hydrogen) atoms. The number of carbonyl (C=O) groups is 3. The first-order valence-corrected chi connectivity index (χ1v) is 23.5. The third-order valence-corrected chi connectivity index (χ3v) is 10.1. The lowest BCUT2D eigenvalue weighted by Gasteiger charge is -2.18. The van der Waals surface area contributed by atoms with Crippen molar-refractivity contribution >= 4 is 17.9 Å². The van der Waals surface area contributed by atoms with Crippen LogP contribution in [0, 0.1) is 0 Å². The molecular formula is C49H88O6. The molecule has 0 aliphatic rings. The first-order chi connectivity index (χ1) is 27.0. The Hall–Kier alpha value is -2.37. The van der Waals surface area contributed by atoms with E-state index in [0.29, 0.717) is 19.3 Å². The Morgan fingerprint density at radius 1 is 0.364 bits per heavy atom. The fourth-order valence-corrected chi connectivity index (χ4v) is 6.52. The molecule has 0 aliphatic heterocycles. The normalized spacial score (nSPS) is 12.3. The van der Waals surface area contributed by atoms with Gasteiger partial charge >= 0.3 is 17.9 Å². The molecule has 0 bridgehead atoms. The summed E-state index contributed by atoms with van der Waals surface area (Å²) in [6.07, 6.45) is 50.1.